The average molecular weight is 315 g/mol. The van der Waals surface area contributed by atoms with E-state index >= 15 is 0 Å². The molecule has 0 unspecified atom stereocenters. The van der Waals surface area contributed by atoms with Crippen molar-refractivity contribution < 1.29 is 9.13 Å². The van der Waals surface area contributed by atoms with E-state index in [9.17, 15) is 4.39 Å². The van der Waals surface area contributed by atoms with E-state index in [2.05, 4.69) is 15.5 Å². The molecule has 0 aliphatic carbocycles. The van der Waals surface area contributed by atoms with Crippen LogP contribution in [0.15, 0.2) is 58.6 Å². The van der Waals surface area contributed by atoms with Crippen molar-refractivity contribution in [2.24, 2.45) is 10.1 Å². The number of benzene rings is 2. The molecule has 4 nitrogen and oxygen atoms in total. The second-order valence-corrected chi connectivity index (χ2v) is 5.54. The molecule has 3 rings (SSSR count). The van der Waals surface area contributed by atoms with Crippen molar-refractivity contribution in [3.63, 3.8) is 0 Å². The molecule has 0 saturated heterocycles. The summed E-state index contributed by atoms with van der Waals surface area (Å²) in [6.45, 7) is 0. The van der Waals surface area contributed by atoms with E-state index in [0.717, 1.165) is 27.9 Å². The standard InChI is InChI=1S/C16H14FN3OS/c1-21-14-8-6-13(7-9-14)18-16-20-19-15(10-22-16)11-2-4-12(17)5-3-11/h2-9H,10H2,1H3,(H,18,20). The number of amidine groups is 1. The summed E-state index contributed by atoms with van der Waals surface area (Å²) in [7, 11) is 1.63. The fourth-order valence-electron chi connectivity index (χ4n) is 1.94. The Kier molecular flexibility index (Phi) is 4.39. The lowest BCUT2D eigenvalue weighted by Crippen LogP contribution is -2.25. The van der Waals surface area contributed by atoms with Crippen molar-refractivity contribution in [3.05, 3.63) is 59.9 Å². The maximum Gasteiger partial charge on any atom is 0.182 e. The maximum absolute atomic E-state index is 12.9. The van der Waals surface area contributed by atoms with Crippen LogP contribution in [0.3, 0.4) is 0 Å². The molecular formula is C16H14FN3OS. The van der Waals surface area contributed by atoms with Crippen molar-refractivity contribution in [2.75, 3.05) is 12.9 Å². The van der Waals surface area contributed by atoms with Crippen LogP contribution in [-0.4, -0.2) is 23.7 Å². The minimum Gasteiger partial charge on any atom is -0.497 e. The smallest absolute Gasteiger partial charge is 0.182 e. The Hall–Kier alpha value is -2.34. The number of hydrogen-bond acceptors (Lipinski definition) is 4. The molecule has 6 heteroatoms. The Morgan fingerprint density at radius 3 is 2.45 bits per heavy atom. The molecule has 2 aromatic rings. The van der Waals surface area contributed by atoms with E-state index < -0.39 is 0 Å². The van der Waals surface area contributed by atoms with Crippen LogP contribution in [0.5, 0.6) is 5.75 Å². The van der Waals surface area contributed by atoms with Crippen LogP contribution in [0.1, 0.15) is 5.56 Å². The summed E-state index contributed by atoms with van der Waals surface area (Å²) in [5, 5.41) is 5.04. The van der Waals surface area contributed by atoms with Crippen LogP contribution in [0, 0.1) is 5.82 Å². The number of hydrogen-bond donors (Lipinski definition) is 1. The number of nitrogens with one attached hydrogen (secondary N) is 1. The van der Waals surface area contributed by atoms with Crippen LogP contribution in [0.2, 0.25) is 0 Å². The Bertz CT molecular complexity index is 711. The highest BCUT2D eigenvalue weighted by Crippen LogP contribution is 2.21. The summed E-state index contributed by atoms with van der Waals surface area (Å²) in [5.41, 5.74) is 5.55. The summed E-state index contributed by atoms with van der Waals surface area (Å²) >= 11 is 1.56. The third-order valence-electron chi connectivity index (χ3n) is 3.11. The number of nitrogens with zero attached hydrogens (tertiary/aromatic N) is 2. The first-order chi connectivity index (χ1) is 10.7. The summed E-state index contributed by atoms with van der Waals surface area (Å²) in [5.74, 6) is 1.24. The highest BCUT2D eigenvalue weighted by atomic mass is 32.2. The molecule has 0 aromatic heterocycles. The van der Waals surface area contributed by atoms with E-state index in [1.807, 2.05) is 24.3 Å². The van der Waals surface area contributed by atoms with Crippen LogP contribution in [0.4, 0.5) is 10.1 Å². The zero-order chi connectivity index (χ0) is 15.4. The van der Waals surface area contributed by atoms with Gasteiger partial charge in [0.05, 0.1) is 18.5 Å². The number of halogens is 1. The van der Waals surface area contributed by atoms with Gasteiger partial charge in [-0.25, -0.2) is 9.38 Å². The van der Waals surface area contributed by atoms with Gasteiger partial charge in [0.15, 0.2) is 5.17 Å². The maximum atomic E-state index is 12.9. The number of hydrazone groups is 1. The molecule has 0 spiro atoms. The first-order valence-electron chi connectivity index (χ1n) is 6.68. The van der Waals surface area contributed by atoms with Gasteiger partial charge in [-0.3, -0.25) is 5.43 Å². The van der Waals surface area contributed by atoms with Crippen LogP contribution >= 0.6 is 11.8 Å². The second kappa shape index (κ2) is 6.62. The molecule has 112 valence electrons. The monoisotopic (exact) mass is 315 g/mol. The quantitative estimate of drug-likeness (QED) is 0.942. The Morgan fingerprint density at radius 2 is 1.86 bits per heavy atom. The number of thioether (sulfide) groups is 1. The van der Waals surface area contributed by atoms with E-state index in [0.29, 0.717) is 5.75 Å². The van der Waals surface area contributed by atoms with Crippen molar-refractivity contribution in [1.29, 1.82) is 0 Å². The Balaban J connectivity index is 1.71. The summed E-state index contributed by atoms with van der Waals surface area (Å²) in [6.07, 6.45) is 0. The zero-order valence-electron chi connectivity index (χ0n) is 11.9. The van der Waals surface area contributed by atoms with E-state index in [1.54, 1.807) is 31.0 Å². The fraction of sp³-hybridized carbons (Fsp3) is 0.125. The van der Waals surface area contributed by atoms with Crippen molar-refractivity contribution >= 4 is 28.3 Å². The number of aliphatic imine (C=N–C) groups is 1. The molecule has 22 heavy (non-hydrogen) atoms. The van der Waals surface area contributed by atoms with Crippen molar-refractivity contribution in [2.45, 2.75) is 0 Å². The van der Waals surface area contributed by atoms with Crippen LogP contribution in [-0.2, 0) is 0 Å². The molecule has 1 aliphatic rings. The van der Waals surface area contributed by atoms with Gasteiger partial charge < -0.3 is 4.74 Å². The lowest BCUT2D eigenvalue weighted by Gasteiger charge is -2.14. The SMILES string of the molecule is COc1ccc(N=C2NN=C(c3ccc(F)cc3)CS2)cc1. The van der Waals surface area contributed by atoms with E-state index in [1.165, 1.54) is 12.1 Å². The number of ether oxygens (including phenoxy) is 1. The molecule has 2 aromatic carbocycles. The molecule has 1 heterocycles. The lowest BCUT2D eigenvalue weighted by atomic mass is 10.1. The highest BCUT2D eigenvalue weighted by molar-refractivity contribution is 8.14. The van der Waals surface area contributed by atoms with Gasteiger partial charge in [0.1, 0.15) is 11.6 Å². The van der Waals surface area contributed by atoms with Gasteiger partial charge in [0, 0.05) is 5.75 Å². The summed E-state index contributed by atoms with van der Waals surface area (Å²) < 4.78 is 18.0. The van der Waals surface area contributed by atoms with Crippen molar-refractivity contribution in [1.82, 2.24) is 5.43 Å². The molecule has 0 atom stereocenters. The van der Waals surface area contributed by atoms with Gasteiger partial charge in [-0.05, 0) is 42.0 Å². The number of methoxy groups -OCH3 is 1. The largest absolute Gasteiger partial charge is 0.497 e. The molecule has 0 radical (unpaired) electrons. The first-order valence-corrected chi connectivity index (χ1v) is 7.67. The topological polar surface area (TPSA) is 46.0 Å². The molecule has 0 amide bonds. The third kappa shape index (κ3) is 3.46. The molecular weight excluding hydrogens is 301 g/mol. The van der Waals surface area contributed by atoms with E-state index in [-0.39, 0.29) is 5.82 Å². The minimum absolute atomic E-state index is 0.248. The predicted molar refractivity (Wildman–Crippen MR) is 88.6 cm³/mol. The van der Waals surface area contributed by atoms with Crippen molar-refractivity contribution in [3.8, 4) is 5.75 Å². The fourth-order valence-corrected chi connectivity index (χ4v) is 2.72. The zero-order valence-corrected chi connectivity index (χ0v) is 12.7. The van der Waals surface area contributed by atoms with Crippen LogP contribution < -0.4 is 10.2 Å². The van der Waals surface area contributed by atoms with Gasteiger partial charge >= 0.3 is 0 Å². The predicted octanol–water partition coefficient (Wildman–Crippen LogP) is 3.56. The first kappa shape index (κ1) is 14.6. The van der Waals surface area contributed by atoms with Gasteiger partial charge in [-0.2, -0.15) is 5.10 Å². The van der Waals surface area contributed by atoms with Gasteiger partial charge in [0.25, 0.3) is 0 Å². The summed E-state index contributed by atoms with van der Waals surface area (Å²) in [4.78, 5) is 4.48. The minimum atomic E-state index is -0.248. The van der Waals surface area contributed by atoms with E-state index in [4.69, 9.17) is 4.74 Å². The molecule has 1 aliphatic heterocycles. The van der Waals surface area contributed by atoms with Gasteiger partial charge in [0.2, 0.25) is 0 Å². The number of rotatable bonds is 3. The van der Waals surface area contributed by atoms with Gasteiger partial charge in [-0.1, -0.05) is 23.9 Å². The molecule has 1 N–H and O–H groups in total. The molecule has 0 saturated carbocycles. The second-order valence-electron chi connectivity index (χ2n) is 4.58. The Labute approximate surface area is 132 Å². The average Bonchev–Trinajstić information content (AvgIpc) is 2.57. The third-order valence-corrected chi connectivity index (χ3v) is 3.99. The van der Waals surface area contributed by atoms with Gasteiger partial charge in [-0.15, -0.1) is 0 Å². The Morgan fingerprint density at radius 1 is 1.14 bits per heavy atom. The normalized spacial score (nSPS) is 16.1. The summed E-state index contributed by atoms with van der Waals surface area (Å²) in [6, 6.07) is 13.8. The lowest BCUT2D eigenvalue weighted by molar-refractivity contribution is 0.415. The molecule has 0 fully saturated rings. The van der Waals surface area contributed by atoms with Crippen LogP contribution in [0.25, 0.3) is 0 Å². The molecule has 0 bridgehead atoms. The highest BCUT2D eigenvalue weighted by Gasteiger charge is 2.13.